The van der Waals surface area contributed by atoms with E-state index < -0.39 is 65.5 Å². The first-order valence-corrected chi connectivity index (χ1v) is 14.3. The number of hydrogen-bond donors (Lipinski definition) is 4. The van der Waals surface area contributed by atoms with Gasteiger partial charge in [-0.2, -0.15) is 0 Å². The van der Waals surface area contributed by atoms with Gasteiger partial charge in [0.15, 0.2) is 0 Å². The molecule has 0 saturated heterocycles. The third-order valence-corrected chi connectivity index (χ3v) is 6.10. The molecular formula is C32H44N4O8. The topological polar surface area (TPSA) is 177 Å². The molecule has 2 aromatic rings. The summed E-state index contributed by atoms with van der Waals surface area (Å²) in [4.78, 5) is 66.9. The van der Waals surface area contributed by atoms with Gasteiger partial charge in [-0.3, -0.25) is 14.4 Å². The number of nitrogens with zero attached hydrogens (tertiary/aromatic N) is 1. The molecule has 0 radical (unpaired) electrons. The molecule has 44 heavy (non-hydrogen) atoms. The van der Waals surface area contributed by atoms with E-state index >= 15 is 0 Å². The number of carbonyl (C=O) groups is 5. The molecule has 0 fully saturated rings. The highest BCUT2D eigenvalue weighted by molar-refractivity contribution is 5.96. The van der Waals surface area contributed by atoms with Crippen LogP contribution in [0.5, 0.6) is 5.75 Å². The van der Waals surface area contributed by atoms with E-state index in [0.717, 1.165) is 10.5 Å². The van der Waals surface area contributed by atoms with Crippen LogP contribution in [-0.2, 0) is 35.1 Å². The van der Waals surface area contributed by atoms with E-state index in [1.807, 2.05) is 6.07 Å². The largest absolute Gasteiger partial charge is 0.508 e. The third kappa shape index (κ3) is 11.2. The zero-order chi connectivity index (χ0) is 33.2. The van der Waals surface area contributed by atoms with Gasteiger partial charge in [-0.05, 0) is 60.1 Å². The van der Waals surface area contributed by atoms with Gasteiger partial charge in [-0.25, -0.2) is 9.59 Å². The Kier molecular flexibility index (Phi) is 12.3. The molecule has 4 amide bonds. The highest BCUT2D eigenvalue weighted by atomic mass is 16.6. The van der Waals surface area contributed by atoms with Crippen molar-refractivity contribution in [2.24, 2.45) is 5.73 Å². The summed E-state index contributed by atoms with van der Waals surface area (Å²) in [7, 11) is 0. The second-order valence-corrected chi connectivity index (χ2v) is 12.2. The molecule has 240 valence electrons. The maximum Gasteiger partial charge on any atom is 0.408 e. The normalized spacial score (nSPS) is 13.5. The lowest BCUT2D eigenvalue weighted by molar-refractivity contribution is -0.159. The van der Waals surface area contributed by atoms with E-state index in [0.29, 0.717) is 0 Å². The average molecular weight is 613 g/mol. The fraction of sp³-hybridized carbons (Fsp3) is 0.469. The average Bonchev–Trinajstić information content (AvgIpc) is 2.89. The number of nitrogens with one attached hydrogen (secondary N) is 2. The molecule has 0 aromatic heterocycles. The van der Waals surface area contributed by atoms with E-state index in [9.17, 15) is 29.1 Å². The van der Waals surface area contributed by atoms with Crippen molar-refractivity contribution in [2.45, 2.75) is 90.6 Å². The van der Waals surface area contributed by atoms with Crippen LogP contribution in [0.3, 0.4) is 0 Å². The van der Waals surface area contributed by atoms with Crippen molar-refractivity contribution in [2.75, 3.05) is 6.54 Å². The first kappa shape index (κ1) is 35.6. The van der Waals surface area contributed by atoms with Gasteiger partial charge >= 0.3 is 12.1 Å². The van der Waals surface area contributed by atoms with E-state index in [4.69, 9.17) is 15.2 Å². The maximum atomic E-state index is 14.1. The lowest BCUT2D eigenvalue weighted by Gasteiger charge is -2.34. The Morgan fingerprint density at radius 1 is 0.841 bits per heavy atom. The van der Waals surface area contributed by atoms with Crippen molar-refractivity contribution >= 4 is 29.8 Å². The molecule has 3 unspecified atom stereocenters. The van der Waals surface area contributed by atoms with Gasteiger partial charge in [0, 0.05) is 18.5 Å². The molecule has 0 aliphatic rings. The van der Waals surface area contributed by atoms with Crippen LogP contribution < -0.4 is 16.4 Å². The Balaban J connectivity index is 2.55. The summed E-state index contributed by atoms with van der Waals surface area (Å²) in [6.45, 7) is 11.5. The number of amides is 4. The number of phenols is 1. The summed E-state index contributed by atoms with van der Waals surface area (Å²) in [6.07, 6.45) is -1.47. The van der Waals surface area contributed by atoms with Crippen LogP contribution in [-0.4, -0.2) is 69.6 Å². The molecule has 12 heteroatoms. The van der Waals surface area contributed by atoms with Crippen molar-refractivity contribution in [3.05, 3.63) is 65.7 Å². The second-order valence-electron chi connectivity index (χ2n) is 12.2. The molecule has 2 aromatic carbocycles. The van der Waals surface area contributed by atoms with E-state index in [1.54, 1.807) is 84.9 Å². The molecule has 2 rings (SSSR count). The van der Waals surface area contributed by atoms with Crippen LogP contribution >= 0.6 is 0 Å². The van der Waals surface area contributed by atoms with Crippen molar-refractivity contribution in [1.82, 2.24) is 15.5 Å². The van der Waals surface area contributed by atoms with Crippen LogP contribution in [0.15, 0.2) is 54.6 Å². The van der Waals surface area contributed by atoms with E-state index in [2.05, 4.69) is 10.6 Å². The SMILES string of the molecule is CCN(C(=O)C(CC(N)=O)NC(=O)OC(C)(C)C)C(C(=O)NC(Cc1ccccc1)C(=O)OC(C)(C)C)c1ccccc1O. The Hall–Kier alpha value is -4.61. The number of likely N-dealkylation sites (N-methyl/N-ethyl adjacent to an activating group) is 1. The minimum absolute atomic E-state index is 0.0537. The van der Waals surface area contributed by atoms with Gasteiger partial charge < -0.3 is 35.8 Å². The minimum Gasteiger partial charge on any atom is -0.508 e. The first-order chi connectivity index (χ1) is 20.4. The number of carbonyl (C=O) groups excluding carboxylic acids is 5. The smallest absolute Gasteiger partial charge is 0.408 e. The summed E-state index contributed by atoms with van der Waals surface area (Å²) in [5, 5.41) is 15.9. The number of alkyl carbamates (subject to hydrolysis) is 1. The number of ether oxygens (including phenoxy) is 2. The van der Waals surface area contributed by atoms with Gasteiger partial charge in [0.2, 0.25) is 17.7 Å². The molecule has 0 aliphatic carbocycles. The summed E-state index contributed by atoms with van der Waals surface area (Å²) < 4.78 is 10.8. The summed E-state index contributed by atoms with van der Waals surface area (Å²) >= 11 is 0. The highest BCUT2D eigenvalue weighted by Crippen LogP contribution is 2.30. The Morgan fingerprint density at radius 3 is 1.93 bits per heavy atom. The number of benzene rings is 2. The number of para-hydroxylation sites is 1. The number of phenolic OH excluding ortho intramolecular Hbond substituents is 1. The number of esters is 1. The number of rotatable bonds is 12. The fourth-order valence-electron chi connectivity index (χ4n) is 4.35. The minimum atomic E-state index is -1.49. The highest BCUT2D eigenvalue weighted by Gasteiger charge is 2.39. The van der Waals surface area contributed by atoms with Gasteiger partial charge in [0.05, 0.1) is 6.42 Å². The Labute approximate surface area is 258 Å². The number of aromatic hydroxyl groups is 1. The zero-order valence-electron chi connectivity index (χ0n) is 26.4. The summed E-state index contributed by atoms with van der Waals surface area (Å²) in [6, 6.07) is 10.8. The van der Waals surface area contributed by atoms with Gasteiger partial charge in [0.25, 0.3) is 0 Å². The van der Waals surface area contributed by atoms with Crippen LogP contribution in [0.25, 0.3) is 0 Å². The molecular weight excluding hydrogens is 568 g/mol. The molecule has 12 nitrogen and oxygen atoms in total. The monoisotopic (exact) mass is 612 g/mol. The summed E-state index contributed by atoms with van der Waals surface area (Å²) in [5.41, 5.74) is 4.44. The molecule has 0 saturated carbocycles. The molecule has 5 N–H and O–H groups in total. The molecule has 0 spiro atoms. The van der Waals surface area contributed by atoms with Crippen molar-refractivity contribution in [3.63, 3.8) is 0 Å². The molecule has 3 atom stereocenters. The first-order valence-electron chi connectivity index (χ1n) is 14.3. The zero-order valence-corrected chi connectivity index (χ0v) is 26.4. The predicted octanol–water partition coefficient (Wildman–Crippen LogP) is 3.12. The maximum absolute atomic E-state index is 14.1. The lowest BCUT2D eigenvalue weighted by atomic mass is 9.99. The molecule has 0 heterocycles. The summed E-state index contributed by atoms with van der Waals surface area (Å²) in [5.74, 6) is -3.51. The van der Waals surface area contributed by atoms with E-state index in [1.165, 1.54) is 12.1 Å². The Bertz CT molecular complexity index is 1320. The van der Waals surface area contributed by atoms with Gasteiger partial charge in [0.1, 0.15) is 35.1 Å². The quantitative estimate of drug-likeness (QED) is 0.264. The van der Waals surface area contributed by atoms with Crippen LogP contribution in [0.1, 0.15) is 72.1 Å². The number of hydrogen-bond acceptors (Lipinski definition) is 8. The third-order valence-electron chi connectivity index (χ3n) is 6.10. The van der Waals surface area contributed by atoms with Crippen molar-refractivity contribution in [3.8, 4) is 5.75 Å². The number of primary amides is 1. The predicted molar refractivity (Wildman–Crippen MR) is 163 cm³/mol. The molecule has 0 aliphatic heterocycles. The number of nitrogens with two attached hydrogens (primary N) is 1. The van der Waals surface area contributed by atoms with Crippen LogP contribution in [0, 0.1) is 0 Å². The lowest BCUT2D eigenvalue weighted by Crippen LogP contribution is -2.55. The second kappa shape index (κ2) is 15.2. The van der Waals surface area contributed by atoms with Gasteiger partial charge in [-0.1, -0.05) is 48.5 Å². The molecule has 0 bridgehead atoms. The van der Waals surface area contributed by atoms with Crippen molar-refractivity contribution in [1.29, 1.82) is 0 Å². The standard InChI is InChI=1S/C32H44N4O8/c1-8-36(28(40)22(19-25(33)38)35-30(42)44-32(5,6)7)26(21-16-12-13-17-24(21)37)27(39)34-23(29(41)43-31(2,3)4)18-20-14-10-9-11-15-20/h9-17,22-23,26,37H,8,18-19H2,1-7H3,(H2,33,38)(H,34,39)(H,35,42). The Morgan fingerprint density at radius 2 is 1.41 bits per heavy atom. The van der Waals surface area contributed by atoms with Crippen LogP contribution in [0.4, 0.5) is 4.79 Å². The van der Waals surface area contributed by atoms with Crippen LogP contribution in [0.2, 0.25) is 0 Å². The van der Waals surface area contributed by atoms with Crippen molar-refractivity contribution < 1.29 is 38.6 Å². The van der Waals surface area contributed by atoms with Gasteiger partial charge in [-0.15, -0.1) is 0 Å². The fourth-order valence-corrected chi connectivity index (χ4v) is 4.35. The van der Waals surface area contributed by atoms with E-state index in [-0.39, 0.29) is 24.3 Å².